The van der Waals surface area contributed by atoms with E-state index in [1.807, 2.05) is 4.90 Å². The molecule has 1 fully saturated rings. The van der Waals surface area contributed by atoms with Gasteiger partial charge in [-0.15, -0.1) is 0 Å². The van der Waals surface area contributed by atoms with Crippen LogP contribution in [0.3, 0.4) is 0 Å². The molecule has 2 atom stereocenters. The van der Waals surface area contributed by atoms with E-state index in [0.29, 0.717) is 30.0 Å². The number of benzene rings is 1. The van der Waals surface area contributed by atoms with Gasteiger partial charge in [0, 0.05) is 25.6 Å². The van der Waals surface area contributed by atoms with Crippen LogP contribution < -0.4 is 10.6 Å². The predicted octanol–water partition coefficient (Wildman–Crippen LogP) is 2.97. The molecule has 1 aromatic carbocycles. The molecule has 3 heterocycles. The van der Waals surface area contributed by atoms with E-state index in [-0.39, 0.29) is 11.6 Å². The normalized spacial score (nSPS) is 18.5. The van der Waals surface area contributed by atoms with Crippen LogP contribution in [0.1, 0.15) is 30.6 Å². The lowest BCUT2D eigenvalue weighted by atomic mass is 10.1. The Balaban J connectivity index is 1.94. The maximum Gasteiger partial charge on any atom is 0.416 e. The van der Waals surface area contributed by atoms with Gasteiger partial charge < -0.3 is 14.6 Å². The fourth-order valence-corrected chi connectivity index (χ4v) is 3.77. The smallest absolute Gasteiger partial charge is 0.380 e. The van der Waals surface area contributed by atoms with E-state index in [2.05, 4.69) is 15.0 Å². The number of aromatic nitrogens is 4. The first-order valence-electron chi connectivity index (χ1n) is 9.19. The molecule has 3 aromatic rings. The van der Waals surface area contributed by atoms with E-state index in [9.17, 15) is 18.0 Å². The van der Waals surface area contributed by atoms with Gasteiger partial charge in [0.15, 0.2) is 0 Å². The number of ether oxygens (including phenoxy) is 1. The second-order valence-corrected chi connectivity index (χ2v) is 7.09. The average Bonchev–Trinajstić information content (AvgIpc) is 3.37. The Morgan fingerprint density at radius 1 is 1.34 bits per heavy atom. The van der Waals surface area contributed by atoms with Crippen LogP contribution in [0.4, 0.5) is 19.0 Å². The van der Waals surface area contributed by atoms with E-state index in [4.69, 9.17) is 4.74 Å². The zero-order chi connectivity index (χ0) is 20.8. The number of nitrogens with one attached hydrogen (secondary N) is 1. The Hall–Kier alpha value is -2.88. The van der Waals surface area contributed by atoms with Crippen LogP contribution >= 0.6 is 0 Å². The molecule has 1 aliphatic heterocycles. The minimum atomic E-state index is -4.52. The second kappa shape index (κ2) is 7.18. The molecular weight excluding hydrogens is 387 g/mol. The number of imidazole rings is 1. The van der Waals surface area contributed by atoms with Crippen LogP contribution in [0.25, 0.3) is 10.9 Å². The first kappa shape index (κ1) is 19.4. The number of anilines is 1. The van der Waals surface area contributed by atoms with Crippen molar-refractivity contribution in [2.75, 3.05) is 25.1 Å². The van der Waals surface area contributed by atoms with Crippen LogP contribution in [-0.4, -0.2) is 45.8 Å². The molecule has 154 valence electrons. The molecule has 0 aliphatic carbocycles. The summed E-state index contributed by atoms with van der Waals surface area (Å²) in [7, 11) is 1.61. The Morgan fingerprint density at radius 3 is 2.76 bits per heavy atom. The minimum Gasteiger partial charge on any atom is -0.380 e. The molecule has 4 rings (SSSR count). The Labute approximate surface area is 164 Å². The summed E-state index contributed by atoms with van der Waals surface area (Å²) < 4.78 is 46.8. The van der Waals surface area contributed by atoms with E-state index < -0.39 is 23.5 Å². The van der Waals surface area contributed by atoms with Crippen molar-refractivity contribution in [1.82, 2.24) is 19.5 Å². The summed E-state index contributed by atoms with van der Waals surface area (Å²) >= 11 is 0. The first-order chi connectivity index (χ1) is 13.8. The molecule has 7 nitrogen and oxygen atoms in total. The number of aromatic amines is 1. The topological polar surface area (TPSA) is 76.0 Å². The summed E-state index contributed by atoms with van der Waals surface area (Å²) in [6, 6.07) is 2.85. The van der Waals surface area contributed by atoms with Crippen LogP contribution in [-0.2, 0) is 10.9 Å². The third-order valence-electron chi connectivity index (χ3n) is 5.37. The highest BCUT2D eigenvalue weighted by Crippen LogP contribution is 2.35. The largest absolute Gasteiger partial charge is 0.416 e. The number of H-pyrrole nitrogens is 1. The van der Waals surface area contributed by atoms with E-state index in [0.717, 1.165) is 18.6 Å². The molecule has 10 heteroatoms. The van der Waals surface area contributed by atoms with Crippen LogP contribution in [0, 0.1) is 0 Å². The van der Waals surface area contributed by atoms with Crippen molar-refractivity contribution >= 4 is 16.7 Å². The number of hydrogen-bond donors (Lipinski definition) is 1. The average molecular weight is 407 g/mol. The quantitative estimate of drug-likeness (QED) is 0.720. The Kier molecular flexibility index (Phi) is 4.81. The van der Waals surface area contributed by atoms with Gasteiger partial charge in [0.25, 0.3) is 0 Å². The van der Waals surface area contributed by atoms with Crippen molar-refractivity contribution in [2.45, 2.75) is 31.7 Å². The zero-order valence-corrected chi connectivity index (χ0v) is 15.9. The Bertz CT molecular complexity index is 1080. The first-order valence-corrected chi connectivity index (χ1v) is 9.19. The van der Waals surface area contributed by atoms with E-state index >= 15 is 0 Å². The number of fused-ring (bicyclic) bond motifs is 1. The van der Waals surface area contributed by atoms with Crippen molar-refractivity contribution in [3.63, 3.8) is 0 Å². The number of rotatable bonds is 4. The van der Waals surface area contributed by atoms with Gasteiger partial charge in [0.2, 0.25) is 0 Å². The van der Waals surface area contributed by atoms with Crippen molar-refractivity contribution < 1.29 is 17.9 Å². The van der Waals surface area contributed by atoms with Gasteiger partial charge in [-0.3, -0.25) is 4.57 Å². The van der Waals surface area contributed by atoms with Gasteiger partial charge >= 0.3 is 11.9 Å². The molecule has 2 aromatic heterocycles. The zero-order valence-electron chi connectivity index (χ0n) is 15.9. The van der Waals surface area contributed by atoms with Gasteiger partial charge in [-0.2, -0.15) is 18.2 Å². The molecule has 0 unspecified atom stereocenters. The minimum absolute atomic E-state index is 0.00681. The molecule has 0 amide bonds. The third kappa shape index (κ3) is 3.48. The Morgan fingerprint density at radius 2 is 2.14 bits per heavy atom. The highest BCUT2D eigenvalue weighted by atomic mass is 19.4. The fraction of sp³-hybridized carbons (Fsp3) is 0.421. The molecule has 0 bridgehead atoms. The summed E-state index contributed by atoms with van der Waals surface area (Å²) in [6.07, 6.45) is -0.781. The van der Waals surface area contributed by atoms with E-state index in [1.165, 1.54) is 23.2 Å². The number of alkyl halides is 3. The highest BCUT2D eigenvalue weighted by molar-refractivity contribution is 5.90. The summed E-state index contributed by atoms with van der Waals surface area (Å²) in [5, 5.41) is 0.487. The summed E-state index contributed by atoms with van der Waals surface area (Å²) in [6.45, 7) is 2.85. The number of nitrogens with zero attached hydrogens (tertiary/aromatic N) is 4. The number of halogens is 3. The lowest BCUT2D eigenvalue weighted by Crippen LogP contribution is -2.32. The predicted molar refractivity (Wildman–Crippen MR) is 101 cm³/mol. The lowest BCUT2D eigenvalue weighted by molar-refractivity contribution is -0.137. The summed E-state index contributed by atoms with van der Waals surface area (Å²) in [5.41, 5.74) is -0.656. The van der Waals surface area contributed by atoms with E-state index in [1.54, 1.807) is 14.0 Å². The van der Waals surface area contributed by atoms with Crippen LogP contribution in [0.2, 0.25) is 0 Å². The lowest BCUT2D eigenvalue weighted by Gasteiger charge is -2.23. The van der Waals surface area contributed by atoms with Crippen molar-refractivity contribution in [1.29, 1.82) is 0 Å². The molecule has 0 saturated carbocycles. The van der Waals surface area contributed by atoms with Gasteiger partial charge in [-0.05, 0) is 31.5 Å². The number of hydrogen-bond acceptors (Lipinski definition) is 5. The molecule has 1 aliphatic rings. The fourth-order valence-electron chi connectivity index (χ4n) is 3.77. The van der Waals surface area contributed by atoms with Crippen molar-refractivity contribution in [3.05, 3.63) is 52.5 Å². The third-order valence-corrected chi connectivity index (χ3v) is 5.37. The van der Waals surface area contributed by atoms with Gasteiger partial charge in [0.1, 0.15) is 5.82 Å². The van der Waals surface area contributed by atoms with Crippen molar-refractivity contribution in [2.24, 2.45) is 0 Å². The second-order valence-electron chi connectivity index (χ2n) is 7.09. The maximum atomic E-state index is 13.4. The van der Waals surface area contributed by atoms with Gasteiger partial charge in [0.05, 0.1) is 41.4 Å². The van der Waals surface area contributed by atoms with Crippen LogP contribution in [0.15, 0.2) is 35.5 Å². The summed E-state index contributed by atoms with van der Waals surface area (Å²) in [5.74, 6) is 0.381. The van der Waals surface area contributed by atoms with Gasteiger partial charge in [-0.25, -0.2) is 9.78 Å². The number of methoxy groups -OCH3 is 1. The van der Waals surface area contributed by atoms with Gasteiger partial charge in [-0.1, -0.05) is 0 Å². The molecule has 0 spiro atoms. The SMILES string of the molecule is CO[C@H]1CCN(c2nc(=O)n([C@H](C)c3cnc[nH]3)c3cc(C(F)(F)F)ccc23)C1. The highest BCUT2D eigenvalue weighted by Gasteiger charge is 2.32. The van der Waals surface area contributed by atoms with Crippen LogP contribution in [0.5, 0.6) is 0 Å². The standard InChI is InChI=1S/C19H20F3N5O2/c1-11(15-8-23-10-24-15)27-16-7-12(19(20,21)22)3-4-14(16)17(25-18(27)28)26-6-5-13(9-26)29-2/h3-4,7-8,10-11,13H,5-6,9H2,1-2H3,(H,23,24)/t11-,13+/m1/s1. The van der Waals surface area contributed by atoms with Crippen molar-refractivity contribution in [3.8, 4) is 0 Å². The maximum absolute atomic E-state index is 13.4. The molecule has 1 N–H and O–H groups in total. The molecule has 0 radical (unpaired) electrons. The monoisotopic (exact) mass is 407 g/mol. The molecule has 29 heavy (non-hydrogen) atoms. The summed E-state index contributed by atoms with van der Waals surface area (Å²) in [4.78, 5) is 25.9. The molecular formula is C19H20F3N5O2. The molecule has 1 saturated heterocycles.